The van der Waals surface area contributed by atoms with Gasteiger partial charge in [-0.1, -0.05) is 30.3 Å². The SMILES string of the molecule is O=C1C[C@H](Nc2ccc([N+](=O)[O-])cn2)CN1Cc1ccccc1. The fraction of sp³-hybridized carbons (Fsp3) is 0.250. The molecule has 0 aliphatic carbocycles. The first-order chi connectivity index (χ1) is 11.1. The van der Waals surface area contributed by atoms with Gasteiger partial charge >= 0.3 is 0 Å². The molecule has 1 N–H and O–H groups in total. The Morgan fingerprint density at radius 3 is 2.70 bits per heavy atom. The predicted molar refractivity (Wildman–Crippen MR) is 84.8 cm³/mol. The topological polar surface area (TPSA) is 88.4 Å². The van der Waals surface area contributed by atoms with Gasteiger partial charge in [0.25, 0.3) is 5.69 Å². The largest absolute Gasteiger partial charge is 0.365 e. The van der Waals surface area contributed by atoms with E-state index in [-0.39, 0.29) is 17.6 Å². The molecule has 0 bridgehead atoms. The maximum atomic E-state index is 12.1. The average molecular weight is 312 g/mol. The summed E-state index contributed by atoms with van der Waals surface area (Å²) < 4.78 is 0. The van der Waals surface area contributed by atoms with Gasteiger partial charge in [0.1, 0.15) is 12.0 Å². The summed E-state index contributed by atoms with van der Waals surface area (Å²) in [6.45, 7) is 1.18. The van der Waals surface area contributed by atoms with E-state index in [1.54, 1.807) is 11.0 Å². The monoisotopic (exact) mass is 312 g/mol. The van der Waals surface area contributed by atoms with Crippen molar-refractivity contribution >= 4 is 17.4 Å². The van der Waals surface area contributed by atoms with Crippen molar-refractivity contribution in [1.29, 1.82) is 0 Å². The number of nitro groups is 1. The Morgan fingerprint density at radius 2 is 2.04 bits per heavy atom. The molecule has 1 aliphatic rings. The minimum absolute atomic E-state index is 0.0415. The quantitative estimate of drug-likeness (QED) is 0.675. The molecule has 23 heavy (non-hydrogen) atoms. The van der Waals surface area contributed by atoms with Crippen molar-refractivity contribution in [2.45, 2.75) is 19.0 Å². The number of hydrogen-bond donors (Lipinski definition) is 1. The molecule has 0 saturated carbocycles. The van der Waals surface area contributed by atoms with Crippen LogP contribution in [0.2, 0.25) is 0 Å². The second-order valence-corrected chi connectivity index (χ2v) is 5.46. The smallest absolute Gasteiger partial charge is 0.287 e. The van der Waals surface area contributed by atoms with Crippen molar-refractivity contribution in [3.8, 4) is 0 Å². The number of nitrogens with one attached hydrogen (secondary N) is 1. The van der Waals surface area contributed by atoms with Gasteiger partial charge in [0.05, 0.1) is 11.0 Å². The minimum atomic E-state index is -0.489. The van der Waals surface area contributed by atoms with Crippen LogP contribution in [0, 0.1) is 10.1 Å². The molecular weight excluding hydrogens is 296 g/mol. The highest BCUT2D eigenvalue weighted by Gasteiger charge is 2.29. The van der Waals surface area contributed by atoms with Gasteiger partial charge in [0, 0.05) is 25.6 Å². The van der Waals surface area contributed by atoms with Gasteiger partial charge in [0.2, 0.25) is 5.91 Å². The molecule has 7 heteroatoms. The molecule has 7 nitrogen and oxygen atoms in total. The normalized spacial score (nSPS) is 17.3. The summed E-state index contributed by atoms with van der Waals surface area (Å²) in [5.74, 6) is 0.628. The van der Waals surface area contributed by atoms with E-state index in [1.165, 1.54) is 12.3 Å². The molecule has 0 unspecified atom stereocenters. The van der Waals surface area contributed by atoms with E-state index in [4.69, 9.17) is 0 Å². The standard InChI is InChI=1S/C16H16N4O3/c21-16-8-13(11-19(16)10-12-4-2-1-3-5-12)18-15-7-6-14(9-17-15)20(22)23/h1-7,9,13H,8,10-11H2,(H,17,18)/t13-/m0/s1. The van der Waals surface area contributed by atoms with Crippen molar-refractivity contribution in [3.05, 3.63) is 64.3 Å². The van der Waals surface area contributed by atoms with E-state index in [9.17, 15) is 14.9 Å². The molecule has 1 amide bonds. The number of aromatic nitrogens is 1. The third kappa shape index (κ3) is 3.63. The Bertz CT molecular complexity index is 703. The van der Waals surface area contributed by atoms with Crippen molar-refractivity contribution in [3.63, 3.8) is 0 Å². The Kier molecular flexibility index (Phi) is 4.18. The molecule has 118 valence electrons. The molecular formula is C16H16N4O3. The Labute approximate surface area is 133 Å². The Morgan fingerprint density at radius 1 is 1.26 bits per heavy atom. The lowest BCUT2D eigenvalue weighted by Crippen LogP contribution is -2.27. The van der Waals surface area contributed by atoms with Crippen LogP contribution in [0.1, 0.15) is 12.0 Å². The first-order valence-electron chi connectivity index (χ1n) is 7.30. The molecule has 1 aromatic carbocycles. The van der Waals surface area contributed by atoms with Crippen LogP contribution in [0.3, 0.4) is 0 Å². The Hall–Kier alpha value is -2.96. The molecule has 1 fully saturated rings. The molecule has 1 aromatic heterocycles. The van der Waals surface area contributed by atoms with Crippen LogP contribution >= 0.6 is 0 Å². The first kappa shape index (κ1) is 15.0. The number of benzene rings is 1. The van der Waals surface area contributed by atoms with Crippen LogP contribution in [0.25, 0.3) is 0 Å². The molecule has 1 atom stereocenters. The molecule has 0 radical (unpaired) electrons. The number of pyridine rings is 1. The fourth-order valence-electron chi connectivity index (χ4n) is 2.61. The number of rotatable bonds is 5. The maximum absolute atomic E-state index is 12.1. The maximum Gasteiger partial charge on any atom is 0.287 e. The van der Waals surface area contributed by atoms with E-state index in [2.05, 4.69) is 10.3 Å². The minimum Gasteiger partial charge on any atom is -0.365 e. The number of hydrogen-bond acceptors (Lipinski definition) is 5. The zero-order chi connectivity index (χ0) is 16.2. The van der Waals surface area contributed by atoms with E-state index in [0.717, 1.165) is 5.56 Å². The second kappa shape index (κ2) is 6.43. The summed E-state index contributed by atoms with van der Waals surface area (Å²) in [5.41, 5.74) is 1.04. The molecule has 1 saturated heterocycles. The highest BCUT2D eigenvalue weighted by molar-refractivity contribution is 5.80. The summed E-state index contributed by atoms with van der Waals surface area (Å²) in [6, 6.07) is 12.7. The van der Waals surface area contributed by atoms with Crippen LogP contribution < -0.4 is 5.32 Å². The van der Waals surface area contributed by atoms with E-state index < -0.39 is 4.92 Å². The van der Waals surface area contributed by atoms with Crippen molar-refractivity contribution in [2.24, 2.45) is 0 Å². The van der Waals surface area contributed by atoms with Crippen molar-refractivity contribution < 1.29 is 9.72 Å². The van der Waals surface area contributed by atoms with Crippen molar-refractivity contribution in [1.82, 2.24) is 9.88 Å². The van der Waals surface area contributed by atoms with Gasteiger partial charge in [0.15, 0.2) is 0 Å². The zero-order valence-electron chi connectivity index (χ0n) is 12.4. The predicted octanol–water partition coefficient (Wildman–Crippen LogP) is 2.20. The van der Waals surface area contributed by atoms with Crippen LogP contribution in [0.15, 0.2) is 48.7 Å². The number of amides is 1. The second-order valence-electron chi connectivity index (χ2n) is 5.46. The van der Waals surface area contributed by atoms with E-state index >= 15 is 0 Å². The van der Waals surface area contributed by atoms with Gasteiger partial charge < -0.3 is 10.2 Å². The van der Waals surface area contributed by atoms with E-state index in [0.29, 0.717) is 25.3 Å². The summed E-state index contributed by atoms with van der Waals surface area (Å²) in [6.07, 6.45) is 1.60. The third-order valence-corrected chi connectivity index (χ3v) is 3.74. The van der Waals surface area contributed by atoms with Crippen LogP contribution in [0.4, 0.5) is 11.5 Å². The summed E-state index contributed by atoms with van der Waals surface area (Å²) in [4.78, 5) is 28.0. The summed E-state index contributed by atoms with van der Waals surface area (Å²) in [7, 11) is 0. The van der Waals surface area contributed by atoms with Crippen LogP contribution in [-0.4, -0.2) is 33.3 Å². The zero-order valence-corrected chi connectivity index (χ0v) is 12.4. The molecule has 2 heterocycles. The summed E-state index contributed by atoms with van der Waals surface area (Å²) >= 11 is 0. The Balaban J connectivity index is 1.60. The van der Waals surface area contributed by atoms with Gasteiger partial charge in [-0.05, 0) is 11.6 Å². The fourth-order valence-corrected chi connectivity index (χ4v) is 2.61. The number of carbonyl (C=O) groups is 1. The molecule has 1 aliphatic heterocycles. The first-order valence-corrected chi connectivity index (χ1v) is 7.30. The lowest BCUT2D eigenvalue weighted by atomic mass is 10.2. The van der Waals surface area contributed by atoms with E-state index in [1.807, 2.05) is 30.3 Å². The molecule has 0 spiro atoms. The van der Waals surface area contributed by atoms with Gasteiger partial charge in [-0.25, -0.2) is 4.98 Å². The lowest BCUT2D eigenvalue weighted by molar-refractivity contribution is -0.385. The van der Waals surface area contributed by atoms with Gasteiger partial charge in [-0.3, -0.25) is 14.9 Å². The number of nitrogens with zero attached hydrogens (tertiary/aromatic N) is 3. The highest BCUT2D eigenvalue weighted by atomic mass is 16.6. The van der Waals surface area contributed by atoms with Crippen LogP contribution in [-0.2, 0) is 11.3 Å². The third-order valence-electron chi connectivity index (χ3n) is 3.74. The highest BCUT2D eigenvalue weighted by Crippen LogP contribution is 2.19. The number of likely N-dealkylation sites (tertiary alicyclic amines) is 1. The van der Waals surface area contributed by atoms with Crippen LogP contribution in [0.5, 0.6) is 0 Å². The van der Waals surface area contributed by atoms with Gasteiger partial charge in [-0.15, -0.1) is 0 Å². The molecule has 2 aromatic rings. The average Bonchev–Trinajstić information content (AvgIpc) is 2.88. The number of carbonyl (C=O) groups excluding carboxylic acids is 1. The summed E-state index contributed by atoms with van der Waals surface area (Å²) in [5, 5.41) is 13.8. The van der Waals surface area contributed by atoms with Gasteiger partial charge in [-0.2, -0.15) is 0 Å². The lowest BCUT2D eigenvalue weighted by Gasteiger charge is -2.17. The molecule has 3 rings (SSSR count). The number of anilines is 1. The van der Waals surface area contributed by atoms with Crippen molar-refractivity contribution in [2.75, 3.05) is 11.9 Å².